The number of rotatable bonds is 9. The molecule has 1 amide bonds. The Morgan fingerprint density at radius 1 is 1.21 bits per heavy atom. The van der Waals surface area contributed by atoms with Gasteiger partial charge in [0, 0.05) is 42.5 Å². The number of benzene rings is 2. The standard InChI is InChI=1S/C22H27N3O3/c1-3-28-20-9-8-15(12-21(20)27-2)17(13-25-22(26)10-11-23)18-14-24-19-7-5-4-6-16(18)19/h4-9,12,14,17,24H,3,10-11,13,23H2,1-2H3,(H,25,26). The van der Waals surface area contributed by atoms with Crippen LogP contribution in [0.25, 0.3) is 10.9 Å². The molecule has 148 valence electrons. The Morgan fingerprint density at radius 3 is 2.79 bits per heavy atom. The lowest BCUT2D eigenvalue weighted by atomic mass is 9.90. The second kappa shape index (κ2) is 9.28. The number of carbonyl (C=O) groups is 1. The maximum Gasteiger partial charge on any atom is 0.221 e. The van der Waals surface area contributed by atoms with Crippen molar-refractivity contribution >= 4 is 16.8 Å². The number of aromatic nitrogens is 1. The van der Waals surface area contributed by atoms with Gasteiger partial charge >= 0.3 is 0 Å². The maximum atomic E-state index is 12.0. The maximum absolute atomic E-state index is 12.0. The number of amides is 1. The molecule has 6 nitrogen and oxygen atoms in total. The van der Waals surface area contributed by atoms with E-state index in [4.69, 9.17) is 15.2 Å². The van der Waals surface area contributed by atoms with Gasteiger partial charge in [-0.15, -0.1) is 0 Å². The lowest BCUT2D eigenvalue weighted by Crippen LogP contribution is -2.30. The number of methoxy groups -OCH3 is 1. The van der Waals surface area contributed by atoms with Gasteiger partial charge in [-0.1, -0.05) is 24.3 Å². The molecular weight excluding hydrogens is 354 g/mol. The first kappa shape index (κ1) is 19.8. The zero-order chi connectivity index (χ0) is 19.9. The zero-order valence-corrected chi connectivity index (χ0v) is 16.3. The fourth-order valence-electron chi connectivity index (χ4n) is 3.40. The molecule has 4 N–H and O–H groups in total. The second-order valence-corrected chi connectivity index (χ2v) is 6.53. The van der Waals surface area contributed by atoms with E-state index in [-0.39, 0.29) is 11.8 Å². The van der Waals surface area contributed by atoms with Crippen LogP contribution in [-0.4, -0.2) is 37.7 Å². The molecule has 6 heteroatoms. The highest BCUT2D eigenvalue weighted by Crippen LogP contribution is 2.35. The topological polar surface area (TPSA) is 89.4 Å². The van der Waals surface area contributed by atoms with E-state index in [0.29, 0.717) is 37.6 Å². The summed E-state index contributed by atoms with van der Waals surface area (Å²) >= 11 is 0. The molecule has 3 rings (SSSR count). The predicted octanol–water partition coefficient (Wildman–Crippen LogP) is 3.17. The molecule has 2 aromatic carbocycles. The number of carbonyl (C=O) groups excluding carboxylic acids is 1. The van der Waals surface area contributed by atoms with E-state index in [1.54, 1.807) is 7.11 Å². The van der Waals surface area contributed by atoms with Gasteiger partial charge in [0.1, 0.15) is 0 Å². The predicted molar refractivity (Wildman–Crippen MR) is 111 cm³/mol. The third-order valence-electron chi connectivity index (χ3n) is 4.76. The number of hydrogen-bond donors (Lipinski definition) is 3. The van der Waals surface area contributed by atoms with Crippen molar-refractivity contribution in [1.29, 1.82) is 0 Å². The summed E-state index contributed by atoms with van der Waals surface area (Å²) in [6.07, 6.45) is 2.32. The molecule has 28 heavy (non-hydrogen) atoms. The molecule has 0 spiro atoms. The van der Waals surface area contributed by atoms with Gasteiger partial charge in [0.2, 0.25) is 5.91 Å². The summed E-state index contributed by atoms with van der Waals surface area (Å²) in [5.74, 6) is 1.30. The fourth-order valence-corrected chi connectivity index (χ4v) is 3.40. The van der Waals surface area contributed by atoms with Crippen LogP contribution in [0.1, 0.15) is 30.4 Å². The minimum absolute atomic E-state index is 0.0394. The molecule has 0 aliphatic carbocycles. The van der Waals surface area contributed by atoms with Gasteiger partial charge in [-0.2, -0.15) is 0 Å². The summed E-state index contributed by atoms with van der Waals surface area (Å²) < 4.78 is 11.2. The van der Waals surface area contributed by atoms with Crippen molar-refractivity contribution in [2.45, 2.75) is 19.3 Å². The molecular formula is C22H27N3O3. The Morgan fingerprint density at radius 2 is 2.04 bits per heavy atom. The highest BCUT2D eigenvalue weighted by molar-refractivity contribution is 5.84. The molecule has 1 unspecified atom stereocenters. The van der Waals surface area contributed by atoms with Gasteiger partial charge in [-0.25, -0.2) is 0 Å². The van der Waals surface area contributed by atoms with E-state index in [1.165, 1.54) is 0 Å². The highest BCUT2D eigenvalue weighted by Gasteiger charge is 2.20. The average molecular weight is 381 g/mol. The molecule has 0 aliphatic rings. The lowest BCUT2D eigenvalue weighted by molar-refractivity contribution is -0.120. The van der Waals surface area contributed by atoms with Gasteiger partial charge in [0.25, 0.3) is 0 Å². The van der Waals surface area contributed by atoms with Crippen LogP contribution >= 0.6 is 0 Å². The number of hydrogen-bond acceptors (Lipinski definition) is 4. The summed E-state index contributed by atoms with van der Waals surface area (Å²) in [4.78, 5) is 15.4. The van der Waals surface area contributed by atoms with Crippen molar-refractivity contribution in [2.75, 3.05) is 26.8 Å². The zero-order valence-electron chi connectivity index (χ0n) is 16.3. The van der Waals surface area contributed by atoms with E-state index in [0.717, 1.165) is 22.0 Å². The van der Waals surface area contributed by atoms with Crippen LogP contribution in [0.5, 0.6) is 11.5 Å². The summed E-state index contributed by atoms with van der Waals surface area (Å²) in [6, 6.07) is 14.1. The minimum atomic E-state index is -0.0507. The van der Waals surface area contributed by atoms with Gasteiger partial charge in [0.15, 0.2) is 11.5 Å². The molecule has 0 fully saturated rings. The number of aromatic amines is 1. The first-order chi connectivity index (χ1) is 13.7. The molecule has 0 radical (unpaired) electrons. The van der Waals surface area contributed by atoms with Crippen molar-refractivity contribution in [2.24, 2.45) is 5.73 Å². The van der Waals surface area contributed by atoms with Gasteiger partial charge in [-0.05, 0) is 36.2 Å². The van der Waals surface area contributed by atoms with Crippen molar-refractivity contribution in [1.82, 2.24) is 10.3 Å². The van der Waals surface area contributed by atoms with Gasteiger partial charge in [0.05, 0.1) is 13.7 Å². The SMILES string of the molecule is CCOc1ccc(C(CNC(=O)CCN)c2c[nH]c3ccccc23)cc1OC. The van der Waals surface area contributed by atoms with Crippen LogP contribution in [0.2, 0.25) is 0 Å². The minimum Gasteiger partial charge on any atom is -0.493 e. The number of nitrogens with one attached hydrogen (secondary N) is 2. The highest BCUT2D eigenvalue weighted by atomic mass is 16.5. The Balaban J connectivity index is 1.99. The summed E-state index contributed by atoms with van der Waals surface area (Å²) in [7, 11) is 1.63. The Hall–Kier alpha value is -2.99. The van der Waals surface area contributed by atoms with Crippen molar-refractivity contribution in [3.05, 3.63) is 59.8 Å². The normalized spacial score (nSPS) is 12.0. The third-order valence-corrected chi connectivity index (χ3v) is 4.76. The molecule has 1 aromatic heterocycles. The molecule has 1 heterocycles. The van der Waals surface area contributed by atoms with Crippen LogP contribution in [0.15, 0.2) is 48.7 Å². The van der Waals surface area contributed by atoms with Gasteiger partial charge < -0.3 is 25.5 Å². The van der Waals surface area contributed by atoms with Crippen LogP contribution in [0, 0.1) is 0 Å². The van der Waals surface area contributed by atoms with E-state index in [1.807, 2.05) is 49.5 Å². The second-order valence-electron chi connectivity index (χ2n) is 6.53. The number of para-hydroxylation sites is 1. The summed E-state index contributed by atoms with van der Waals surface area (Å²) in [5, 5.41) is 4.14. The van der Waals surface area contributed by atoms with E-state index in [9.17, 15) is 4.79 Å². The average Bonchev–Trinajstić information content (AvgIpc) is 3.13. The Labute approximate surface area is 165 Å². The smallest absolute Gasteiger partial charge is 0.221 e. The van der Waals surface area contributed by atoms with Crippen LogP contribution in [0.3, 0.4) is 0 Å². The van der Waals surface area contributed by atoms with E-state index in [2.05, 4.69) is 16.4 Å². The number of fused-ring (bicyclic) bond motifs is 1. The fraction of sp³-hybridized carbons (Fsp3) is 0.318. The van der Waals surface area contributed by atoms with Crippen molar-refractivity contribution < 1.29 is 14.3 Å². The summed E-state index contributed by atoms with van der Waals surface area (Å²) in [5.41, 5.74) is 8.73. The van der Waals surface area contributed by atoms with Crippen LogP contribution < -0.4 is 20.5 Å². The first-order valence-electron chi connectivity index (χ1n) is 9.51. The van der Waals surface area contributed by atoms with E-state index < -0.39 is 0 Å². The van der Waals surface area contributed by atoms with Crippen LogP contribution in [0.4, 0.5) is 0 Å². The van der Waals surface area contributed by atoms with Gasteiger partial charge in [-0.3, -0.25) is 4.79 Å². The molecule has 3 aromatic rings. The lowest BCUT2D eigenvalue weighted by Gasteiger charge is -2.20. The summed E-state index contributed by atoms with van der Waals surface area (Å²) in [6.45, 7) is 3.31. The molecule has 0 saturated heterocycles. The quantitative estimate of drug-likeness (QED) is 0.531. The number of ether oxygens (including phenoxy) is 2. The molecule has 0 aliphatic heterocycles. The molecule has 0 saturated carbocycles. The molecule has 0 bridgehead atoms. The monoisotopic (exact) mass is 381 g/mol. The first-order valence-corrected chi connectivity index (χ1v) is 9.51. The Kier molecular flexibility index (Phi) is 6.55. The largest absolute Gasteiger partial charge is 0.493 e. The van der Waals surface area contributed by atoms with Crippen molar-refractivity contribution in [3.63, 3.8) is 0 Å². The third kappa shape index (κ3) is 4.28. The van der Waals surface area contributed by atoms with Crippen LogP contribution in [-0.2, 0) is 4.79 Å². The van der Waals surface area contributed by atoms with E-state index >= 15 is 0 Å². The number of H-pyrrole nitrogens is 1. The number of nitrogens with two attached hydrogens (primary N) is 1. The van der Waals surface area contributed by atoms with Crippen molar-refractivity contribution in [3.8, 4) is 11.5 Å². The Bertz CT molecular complexity index is 936. The molecule has 1 atom stereocenters.